The molecule has 18 nitrogen and oxygen atoms in total. The summed E-state index contributed by atoms with van der Waals surface area (Å²) in [4.78, 5) is 11.2. The Kier molecular flexibility index (Phi) is 22.0. The van der Waals surface area contributed by atoms with E-state index in [4.69, 9.17) is 28.8 Å². The van der Waals surface area contributed by atoms with Crippen molar-refractivity contribution in [2.45, 2.75) is 120 Å². The number of hydrogen-bond acceptors (Lipinski definition) is 17. The normalized spacial score (nSPS) is 41.9. The van der Waals surface area contributed by atoms with E-state index in [1.54, 1.807) is 0 Å². The molecule has 12 N–H and O–H groups in total. The Balaban J connectivity index is 0.000000857. The van der Waals surface area contributed by atoms with Gasteiger partial charge in [-0.3, -0.25) is 4.79 Å². The van der Waals surface area contributed by atoms with Gasteiger partial charge < -0.3 is 85.2 Å². The maximum atomic E-state index is 11.2. The van der Waals surface area contributed by atoms with Crippen LogP contribution < -0.4 is 5.32 Å². The lowest BCUT2D eigenvalue weighted by Gasteiger charge is -2.46. The van der Waals surface area contributed by atoms with Crippen molar-refractivity contribution in [2.75, 3.05) is 31.4 Å². The topological polar surface area (TPSA) is 298 Å². The summed E-state index contributed by atoms with van der Waals surface area (Å²) in [5, 5.41) is 107. The third-order valence-corrected chi connectivity index (χ3v) is 6.46. The summed E-state index contributed by atoms with van der Waals surface area (Å²) in [6.45, 7) is 5.48. The summed E-state index contributed by atoms with van der Waals surface area (Å²) >= 11 is 2.29. The van der Waals surface area contributed by atoms with Gasteiger partial charge >= 0.3 is 0 Å². The predicted octanol–water partition coefficient (Wildman–Crippen LogP) is -5.35. The molecule has 0 aromatic heterocycles. The molecule has 264 valence electrons. The summed E-state index contributed by atoms with van der Waals surface area (Å²) in [5.41, 5.74) is 0. The molecule has 3 aliphatic rings. The van der Waals surface area contributed by atoms with Gasteiger partial charge in [0, 0.05) is 14.0 Å². The number of rotatable bonds is 7. The molecule has 0 aliphatic carbocycles. The van der Waals surface area contributed by atoms with Gasteiger partial charge in [0.15, 0.2) is 18.9 Å². The lowest BCUT2D eigenvalue weighted by atomic mass is 9.95. The number of ether oxygens (including phenoxy) is 5. The highest BCUT2D eigenvalue weighted by Crippen LogP contribution is 2.28. The summed E-state index contributed by atoms with van der Waals surface area (Å²) in [6.07, 6.45) is -19.6. The van der Waals surface area contributed by atoms with Crippen LogP contribution in [0.1, 0.15) is 27.7 Å². The van der Waals surface area contributed by atoms with E-state index in [2.05, 4.69) is 34.8 Å². The van der Waals surface area contributed by atoms with Crippen LogP contribution in [-0.4, -0.2) is 185 Å². The molecule has 0 spiro atoms. The highest BCUT2D eigenvalue weighted by molar-refractivity contribution is 14.1. The highest BCUT2D eigenvalue weighted by atomic mass is 127. The molecule has 3 rings (SSSR count). The Hall–Kier alpha value is -0.440. The minimum Gasteiger partial charge on any atom is -0.394 e. The number of nitrogens with one attached hydrogen (secondary N) is 1. The predicted molar refractivity (Wildman–Crippen MR) is 157 cm³/mol. The Morgan fingerprint density at radius 2 is 1.11 bits per heavy atom. The fraction of sp³-hybridized carbons (Fsp3) is 0.960. The number of amides is 1. The molecule has 19 heteroatoms. The van der Waals surface area contributed by atoms with Gasteiger partial charge in [-0.2, -0.15) is 0 Å². The van der Waals surface area contributed by atoms with Gasteiger partial charge in [0.25, 0.3) is 0 Å². The minimum atomic E-state index is -1.73. The molecule has 0 aromatic rings. The average molecular weight is 764 g/mol. The van der Waals surface area contributed by atoms with Crippen LogP contribution in [0, 0.1) is 0 Å². The molecule has 3 aliphatic heterocycles. The lowest BCUT2D eigenvalue weighted by molar-refractivity contribution is -0.345. The van der Waals surface area contributed by atoms with E-state index in [0.29, 0.717) is 0 Å². The van der Waals surface area contributed by atoms with Crippen molar-refractivity contribution in [3.8, 4) is 0 Å². The van der Waals surface area contributed by atoms with Gasteiger partial charge in [-0.1, -0.05) is 43.4 Å². The number of carbonyl (C=O) groups excluding carboxylic acids is 1. The molecular weight excluding hydrogens is 713 g/mol. The van der Waals surface area contributed by atoms with E-state index in [1.165, 1.54) is 11.5 Å². The Morgan fingerprint density at radius 3 is 1.50 bits per heavy atom. The second-order valence-corrected chi connectivity index (χ2v) is 11.0. The standard InChI is InChI=1S/C14H25NO11.C7H14O6.C2H5I.C2H6/c1-4(18)15-7-9(20)12(6(3-17)24-13(7)23)26-14-11(22)10(21)8(19)5(2-16)25-14;1-12-7-6(11)5(10)4(9)3(2-8)13-7;1-2-3;1-2/h5-14,16-17,19-23H,2-3H2,1H3,(H,15,18);3-11H,2H2,1H3;2H2,1H3;1-2H3/t5?,6?,7?,8-,9+,10-,11?,12+,13?,14-;3?,4-,5-,6?,7+;;/m00../s1. The number of hydrogen-bond donors (Lipinski definition) is 12. The second kappa shape index (κ2) is 22.2. The zero-order valence-corrected chi connectivity index (χ0v) is 27.4. The zero-order chi connectivity index (χ0) is 34.3. The van der Waals surface area contributed by atoms with E-state index in [9.17, 15) is 55.9 Å². The maximum absolute atomic E-state index is 11.2. The Bertz CT molecular complexity index is 752. The van der Waals surface area contributed by atoms with Crippen LogP contribution >= 0.6 is 22.6 Å². The fourth-order valence-corrected chi connectivity index (χ4v) is 4.24. The third kappa shape index (κ3) is 12.0. The lowest BCUT2D eigenvalue weighted by Crippen LogP contribution is -2.67. The largest absolute Gasteiger partial charge is 0.394 e. The molecule has 3 fully saturated rings. The molecule has 44 heavy (non-hydrogen) atoms. The van der Waals surface area contributed by atoms with Crippen LogP contribution in [0.4, 0.5) is 0 Å². The SMILES string of the molecule is CC.CC(=O)NC1C(O)OC(CO)[C@@H](O[C@@H]2OC(CO)[C@H](O)[C@H](O)C2O)[C@@H]1O.CCI.CO[C@@H]1OC(CO)[C@H](O)[C@H](O)C1O. The second-order valence-electron chi connectivity index (χ2n) is 9.46. The number of methoxy groups -OCH3 is 1. The van der Waals surface area contributed by atoms with E-state index in [1.807, 2.05) is 13.8 Å². The van der Waals surface area contributed by atoms with Gasteiger partial charge in [-0.25, -0.2) is 0 Å². The van der Waals surface area contributed by atoms with E-state index in [0.717, 1.165) is 6.92 Å². The maximum Gasteiger partial charge on any atom is 0.217 e. The molecule has 7 unspecified atom stereocenters. The third-order valence-electron chi connectivity index (χ3n) is 6.46. The van der Waals surface area contributed by atoms with Gasteiger partial charge in [0.1, 0.15) is 73.2 Å². The van der Waals surface area contributed by atoms with Crippen molar-refractivity contribution in [3.63, 3.8) is 0 Å². The summed E-state index contributed by atoms with van der Waals surface area (Å²) in [7, 11) is 1.30. The van der Waals surface area contributed by atoms with Crippen molar-refractivity contribution in [2.24, 2.45) is 0 Å². The summed E-state index contributed by atoms with van der Waals surface area (Å²) in [5.74, 6) is -0.564. The first-order valence-electron chi connectivity index (χ1n) is 14.0. The first-order valence-corrected chi connectivity index (χ1v) is 15.5. The van der Waals surface area contributed by atoms with Crippen molar-refractivity contribution in [3.05, 3.63) is 0 Å². The van der Waals surface area contributed by atoms with Crippen molar-refractivity contribution >= 4 is 28.5 Å². The van der Waals surface area contributed by atoms with Crippen molar-refractivity contribution in [1.29, 1.82) is 0 Å². The van der Waals surface area contributed by atoms with Crippen LogP contribution in [0.25, 0.3) is 0 Å². The molecule has 0 aromatic carbocycles. The molecule has 0 bridgehead atoms. The quantitative estimate of drug-likeness (QED) is 0.0851. The number of aliphatic hydroxyl groups is 11. The molecule has 3 heterocycles. The van der Waals surface area contributed by atoms with Gasteiger partial charge in [-0.15, -0.1) is 0 Å². The minimum absolute atomic E-state index is 0.440. The Morgan fingerprint density at radius 1 is 0.705 bits per heavy atom. The molecule has 1 amide bonds. The van der Waals surface area contributed by atoms with Crippen molar-refractivity contribution in [1.82, 2.24) is 5.32 Å². The fourth-order valence-electron chi connectivity index (χ4n) is 4.24. The monoisotopic (exact) mass is 763 g/mol. The van der Waals surface area contributed by atoms with E-state index in [-0.39, 0.29) is 0 Å². The molecule has 0 radical (unpaired) electrons. The average Bonchev–Trinajstić information content (AvgIpc) is 3.01. The molecular formula is C25H50INO17. The zero-order valence-electron chi connectivity index (χ0n) is 25.2. The van der Waals surface area contributed by atoms with Gasteiger partial charge in [0.2, 0.25) is 5.91 Å². The summed E-state index contributed by atoms with van der Waals surface area (Å²) < 4.78 is 26.6. The van der Waals surface area contributed by atoms with Crippen molar-refractivity contribution < 1.29 is 84.7 Å². The Labute approximate surface area is 269 Å². The molecule has 3 saturated heterocycles. The highest BCUT2D eigenvalue weighted by Gasteiger charge is 2.50. The first kappa shape index (κ1) is 43.6. The molecule has 15 atom stereocenters. The van der Waals surface area contributed by atoms with Crippen LogP contribution in [0.3, 0.4) is 0 Å². The van der Waals surface area contributed by atoms with Crippen LogP contribution in [0.2, 0.25) is 0 Å². The van der Waals surface area contributed by atoms with E-state index >= 15 is 0 Å². The molecule has 0 saturated carbocycles. The van der Waals surface area contributed by atoms with Crippen LogP contribution in [-0.2, 0) is 28.5 Å². The van der Waals surface area contributed by atoms with Gasteiger partial charge in [-0.05, 0) is 4.43 Å². The number of aliphatic hydroxyl groups excluding tert-OH is 11. The number of carbonyl (C=O) groups is 1. The van der Waals surface area contributed by atoms with Crippen LogP contribution in [0.15, 0.2) is 0 Å². The van der Waals surface area contributed by atoms with E-state index < -0.39 is 118 Å². The van der Waals surface area contributed by atoms with Crippen LogP contribution in [0.5, 0.6) is 0 Å². The first-order chi connectivity index (χ1) is 20.7. The van der Waals surface area contributed by atoms with Gasteiger partial charge in [0.05, 0.1) is 19.8 Å². The summed E-state index contributed by atoms with van der Waals surface area (Å²) in [6, 6.07) is -1.29. The number of alkyl halides is 1. The number of halogens is 1. The smallest absolute Gasteiger partial charge is 0.217 e.